The minimum Gasteiger partial charge on any atom is -0.545 e. The average Bonchev–Trinajstić information content (AvgIpc) is 2.33. The van der Waals surface area contributed by atoms with Gasteiger partial charge in [0, 0.05) is 18.2 Å². The average molecular weight is 274 g/mol. The maximum atomic E-state index is 12.1. The second-order valence-corrected chi connectivity index (χ2v) is 5.73. The van der Waals surface area contributed by atoms with E-state index >= 15 is 0 Å². The Bertz CT molecular complexity index is 510. The topological polar surface area (TPSA) is 60.4 Å². The van der Waals surface area contributed by atoms with Crippen molar-refractivity contribution in [3.8, 4) is 0 Å². The van der Waals surface area contributed by atoms with Crippen LogP contribution in [-0.4, -0.2) is 22.3 Å². The van der Waals surface area contributed by atoms with Gasteiger partial charge in [-0.2, -0.15) is 0 Å². The molecule has 1 rings (SSSR count). The van der Waals surface area contributed by atoms with Crippen LogP contribution < -0.4 is 5.11 Å². The number of amides is 1. The number of hydrogen-bond acceptors (Lipinski definition) is 3. The van der Waals surface area contributed by atoms with Gasteiger partial charge in [-0.3, -0.25) is 4.79 Å². The van der Waals surface area contributed by atoms with Crippen LogP contribution in [0.3, 0.4) is 0 Å². The highest BCUT2D eigenvalue weighted by atomic mass is 16.4. The quantitative estimate of drug-likeness (QED) is 0.780. The number of rotatable bonds is 4. The maximum absolute atomic E-state index is 12.1. The normalized spacial score (nSPS) is 11.6. The van der Waals surface area contributed by atoms with Gasteiger partial charge in [-0.1, -0.05) is 29.8 Å². The molecule has 0 fully saturated rings. The van der Waals surface area contributed by atoms with E-state index < -0.39 is 11.5 Å². The van der Waals surface area contributed by atoms with Gasteiger partial charge in [-0.25, -0.2) is 0 Å². The van der Waals surface area contributed by atoms with Crippen molar-refractivity contribution in [1.29, 1.82) is 0 Å². The Balaban J connectivity index is 2.93. The number of benzene rings is 1. The number of aliphatic carboxylic acids is 1. The third-order valence-corrected chi connectivity index (χ3v) is 2.90. The van der Waals surface area contributed by atoms with Crippen LogP contribution in [0.15, 0.2) is 36.4 Å². The first-order valence-corrected chi connectivity index (χ1v) is 6.46. The molecule has 108 valence electrons. The SMILES string of the molecule is Cc1ccc(CN(C(=O)C=CC(=O)[O-])C(C)(C)C)cc1. The van der Waals surface area contributed by atoms with Crippen LogP contribution in [0.25, 0.3) is 0 Å². The Kier molecular flexibility index (Phi) is 5.08. The van der Waals surface area contributed by atoms with E-state index in [1.807, 2.05) is 52.0 Å². The lowest BCUT2D eigenvalue weighted by molar-refractivity contribution is -0.297. The Hall–Kier alpha value is -2.10. The summed E-state index contributed by atoms with van der Waals surface area (Å²) in [5.41, 5.74) is 1.75. The zero-order valence-corrected chi connectivity index (χ0v) is 12.3. The minimum absolute atomic E-state index is 0.345. The van der Waals surface area contributed by atoms with Gasteiger partial charge in [0.05, 0.1) is 5.97 Å². The van der Waals surface area contributed by atoms with Crippen molar-refractivity contribution in [2.24, 2.45) is 0 Å². The minimum atomic E-state index is -1.37. The van der Waals surface area contributed by atoms with Crippen molar-refractivity contribution in [2.45, 2.75) is 39.8 Å². The summed E-state index contributed by atoms with van der Waals surface area (Å²) < 4.78 is 0. The standard InChI is InChI=1S/C16H21NO3/c1-12-5-7-13(8-6-12)11-17(16(2,3)4)14(18)9-10-15(19)20/h5-10H,11H2,1-4H3,(H,19,20)/p-1. The molecule has 0 aliphatic rings. The highest BCUT2D eigenvalue weighted by Crippen LogP contribution is 2.18. The van der Waals surface area contributed by atoms with E-state index in [9.17, 15) is 14.7 Å². The van der Waals surface area contributed by atoms with Crippen molar-refractivity contribution >= 4 is 11.9 Å². The van der Waals surface area contributed by atoms with E-state index in [2.05, 4.69) is 0 Å². The van der Waals surface area contributed by atoms with Gasteiger partial charge in [0.1, 0.15) is 0 Å². The molecule has 0 radical (unpaired) electrons. The lowest BCUT2D eigenvalue weighted by atomic mass is 10.0. The Labute approximate surface area is 119 Å². The fraction of sp³-hybridized carbons (Fsp3) is 0.375. The number of carboxylic acids is 1. The molecule has 1 aromatic rings. The Morgan fingerprint density at radius 3 is 2.15 bits per heavy atom. The second kappa shape index (κ2) is 6.37. The molecule has 0 saturated heterocycles. The predicted octanol–water partition coefficient (Wildman–Crippen LogP) is 1.43. The van der Waals surface area contributed by atoms with Crippen molar-refractivity contribution in [3.63, 3.8) is 0 Å². The molecule has 1 amide bonds. The fourth-order valence-electron chi connectivity index (χ4n) is 1.75. The number of nitrogens with zero attached hydrogens (tertiary/aromatic N) is 1. The summed E-state index contributed by atoms with van der Waals surface area (Å²) >= 11 is 0. The third kappa shape index (κ3) is 4.88. The fourth-order valence-corrected chi connectivity index (χ4v) is 1.75. The highest BCUT2D eigenvalue weighted by Gasteiger charge is 2.24. The van der Waals surface area contributed by atoms with Crippen molar-refractivity contribution in [2.75, 3.05) is 0 Å². The zero-order valence-electron chi connectivity index (χ0n) is 12.3. The highest BCUT2D eigenvalue weighted by molar-refractivity contribution is 5.93. The molecule has 4 heteroatoms. The summed E-state index contributed by atoms with van der Waals surface area (Å²) in [7, 11) is 0. The van der Waals surface area contributed by atoms with E-state index in [4.69, 9.17) is 0 Å². The molecular formula is C16H20NO3-. The van der Waals surface area contributed by atoms with Crippen LogP contribution in [0.4, 0.5) is 0 Å². The first-order chi connectivity index (χ1) is 9.20. The summed E-state index contributed by atoms with van der Waals surface area (Å²) in [4.78, 5) is 24.1. The lowest BCUT2D eigenvalue weighted by Crippen LogP contribution is -2.44. The van der Waals surface area contributed by atoms with Crippen LogP contribution >= 0.6 is 0 Å². The number of hydrogen-bond donors (Lipinski definition) is 0. The molecule has 0 unspecified atom stereocenters. The molecule has 0 saturated carbocycles. The van der Waals surface area contributed by atoms with Crippen LogP contribution in [0.2, 0.25) is 0 Å². The molecule has 0 heterocycles. The third-order valence-electron chi connectivity index (χ3n) is 2.90. The van der Waals surface area contributed by atoms with Gasteiger partial charge in [-0.15, -0.1) is 0 Å². The van der Waals surface area contributed by atoms with Crippen LogP contribution in [0, 0.1) is 6.92 Å². The van der Waals surface area contributed by atoms with E-state index in [-0.39, 0.29) is 5.91 Å². The Morgan fingerprint density at radius 1 is 1.15 bits per heavy atom. The summed E-state index contributed by atoms with van der Waals surface area (Å²) in [6, 6.07) is 7.89. The summed E-state index contributed by atoms with van der Waals surface area (Å²) in [6.45, 7) is 8.16. The van der Waals surface area contributed by atoms with Gasteiger partial charge in [0.25, 0.3) is 0 Å². The van der Waals surface area contributed by atoms with Crippen molar-refractivity contribution in [1.82, 2.24) is 4.90 Å². The number of carboxylic acid groups (broad SMARTS) is 1. The molecule has 4 nitrogen and oxygen atoms in total. The lowest BCUT2D eigenvalue weighted by Gasteiger charge is -2.35. The van der Waals surface area contributed by atoms with E-state index in [1.54, 1.807) is 4.90 Å². The van der Waals surface area contributed by atoms with Crippen molar-refractivity contribution in [3.05, 3.63) is 47.5 Å². The number of carbonyl (C=O) groups is 2. The van der Waals surface area contributed by atoms with E-state index in [1.165, 1.54) is 0 Å². The molecular weight excluding hydrogens is 254 g/mol. The number of aryl methyl sites for hydroxylation is 1. The van der Waals surface area contributed by atoms with E-state index in [0.29, 0.717) is 6.54 Å². The van der Waals surface area contributed by atoms with E-state index in [0.717, 1.165) is 23.3 Å². The second-order valence-electron chi connectivity index (χ2n) is 5.73. The van der Waals surface area contributed by atoms with Gasteiger partial charge in [0.15, 0.2) is 0 Å². The van der Waals surface area contributed by atoms with Crippen LogP contribution in [-0.2, 0) is 16.1 Å². The van der Waals surface area contributed by atoms with Gasteiger partial charge >= 0.3 is 0 Å². The molecule has 1 aromatic carbocycles. The molecule has 0 N–H and O–H groups in total. The molecule has 0 aromatic heterocycles. The molecule has 0 bridgehead atoms. The van der Waals surface area contributed by atoms with Crippen LogP contribution in [0.1, 0.15) is 31.9 Å². The molecule has 20 heavy (non-hydrogen) atoms. The first-order valence-electron chi connectivity index (χ1n) is 6.46. The van der Waals surface area contributed by atoms with Gasteiger partial charge < -0.3 is 14.8 Å². The summed E-state index contributed by atoms with van der Waals surface area (Å²) in [6.07, 6.45) is 1.80. The van der Waals surface area contributed by atoms with Crippen LogP contribution in [0.5, 0.6) is 0 Å². The molecule has 0 spiro atoms. The maximum Gasteiger partial charge on any atom is 0.247 e. The molecule has 0 aliphatic heterocycles. The summed E-state index contributed by atoms with van der Waals surface area (Å²) in [5, 5.41) is 10.4. The molecule has 0 aliphatic carbocycles. The Morgan fingerprint density at radius 2 is 1.70 bits per heavy atom. The zero-order chi connectivity index (χ0) is 15.3. The largest absolute Gasteiger partial charge is 0.545 e. The van der Waals surface area contributed by atoms with Gasteiger partial charge in [-0.05, 0) is 39.3 Å². The molecule has 0 atom stereocenters. The van der Waals surface area contributed by atoms with Crippen molar-refractivity contribution < 1.29 is 14.7 Å². The first kappa shape index (κ1) is 16.0. The smallest absolute Gasteiger partial charge is 0.247 e. The number of carbonyl (C=O) groups excluding carboxylic acids is 2. The summed E-state index contributed by atoms with van der Waals surface area (Å²) in [5.74, 6) is -1.72. The van der Waals surface area contributed by atoms with Gasteiger partial charge in [0.2, 0.25) is 5.91 Å². The predicted molar refractivity (Wildman–Crippen MR) is 75.6 cm³/mol. The monoisotopic (exact) mass is 274 g/mol.